The first-order chi connectivity index (χ1) is 3.81. The lowest BCUT2D eigenvalue weighted by molar-refractivity contribution is 0.0216. The summed E-state index contributed by atoms with van der Waals surface area (Å²) in [6.45, 7) is 0. The molecule has 0 heterocycles. The molecule has 1 N–H and O–H groups in total. The molecule has 0 aliphatic carbocycles. The molecule has 0 fully saturated rings. The normalized spacial score (nSPS) is 13.9. The average Bonchev–Trinajstić information content (AvgIpc) is 1.68. The zero-order valence-corrected chi connectivity index (χ0v) is 6.59. The Morgan fingerprint density at radius 1 is 1.62 bits per heavy atom. The molecule has 1 atom stereocenters. The first-order valence-electron chi connectivity index (χ1n) is 2.17. The molecule has 0 spiro atoms. The van der Waals surface area contributed by atoms with Crippen molar-refractivity contribution in [3.05, 3.63) is 0 Å². The van der Waals surface area contributed by atoms with Crippen molar-refractivity contribution in [1.29, 1.82) is 0 Å². The Bertz CT molecular complexity index is 45.3. The van der Waals surface area contributed by atoms with Gasteiger partial charge in [-0.2, -0.15) is 11.8 Å². The van der Waals surface area contributed by atoms with E-state index in [1.54, 1.807) is 18.0 Å². The maximum absolute atomic E-state index is 8.79. The van der Waals surface area contributed by atoms with Gasteiger partial charge in [0, 0.05) is 12.0 Å². The van der Waals surface area contributed by atoms with E-state index in [1.807, 2.05) is 6.26 Å². The number of hydrogen-bond acceptors (Lipinski definition) is 4. The van der Waals surface area contributed by atoms with Crippen LogP contribution in [0.25, 0.3) is 0 Å². The second kappa shape index (κ2) is 5.75. The highest BCUT2D eigenvalue weighted by Gasteiger charge is 1.99. The van der Waals surface area contributed by atoms with Gasteiger partial charge in [-0.1, -0.05) is 0 Å². The minimum Gasteiger partial charge on any atom is -0.366 e. The van der Waals surface area contributed by atoms with E-state index in [1.165, 1.54) is 12.0 Å². The van der Waals surface area contributed by atoms with Gasteiger partial charge < -0.3 is 5.11 Å². The largest absolute Gasteiger partial charge is 0.366 e. The van der Waals surface area contributed by atoms with Crippen molar-refractivity contribution >= 4 is 23.8 Å². The minimum absolute atomic E-state index is 0.611. The van der Waals surface area contributed by atoms with Crippen molar-refractivity contribution in [3.63, 3.8) is 0 Å². The SMILES string of the molecule is CSCC(O)OSC. The molecule has 2 nitrogen and oxygen atoms in total. The summed E-state index contributed by atoms with van der Waals surface area (Å²) in [5.41, 5.74) is 0. The molecule has 0 saturated carbocycles. The van der Waals surface area contributed by atoms with Crippen molar-refractivity contribution in [2.75, 3.05) is 18.3 Å². The number of rotatable bonds is 4. The molecular formula is C4H10O2S2. The third kappa shape index (κ3) is 4.77. The summed E-state index contributed by atoms with van der Waals surface area (Å²) < 4.78 is 4.73. The van der Waals surface area contributed by atoms with Crippen LogP contribution < -0.4 is 0 Å². The molecule has 0 aromatic carbocycles. The second-order valence-corrected chi connectivity index (χ2v) is 2.61. The molecule has 0 aromatic heterocycles. The van der Waals surface area contributed by atoms with Crippen LogP contribution in [0.5, 0.6) is 0 Å². The third-order valence-corrected chi connectivity index (χ3v) is 1.55. The molecule has 8 heavy (non-hydrogen) atoms. The molecule has 0 aromatic rings. The molecule has 0 bridgehead atoms. The van der Waals surface area contributed by atoms with Gasteiger partial charge in [-0.25, -0.2) is 0 Å². The smallest absolute Gasteiger partial charge is 0.176 e. The van der Waals surface area contributed by atoms with Gasteiger partial charge in [0.25, 0.3) is 0 Å². The fourth-order valence-corrected chi connectivity index (χ4v) is 1.01. The number of aliphatic hydroxyl groups is 1. The van der Waals surface area contributed by atoms with E-state index >= 15 is 0 Å². The van der Waals surface area contributed by atoms with Gasteiger partial charge >= 0.3 is 0 Å². The second-order valence-electron chi connectivity index (χ2n) is 1.17. The van der Waals surface area contributed by atoms with Crippen LogP contribution in [0.2, 0.25) is 0 Å². The van der Waals surface area contributed by atoms with Gasteiger partial charge in [0.1, 0.15) is 0 Å². The molecule has 0 aliphatic rings. The van der Waals surface area contributed by atoms with E-state index in [0.717, 1.165) is 0 Å². The van der Waals surface area contributed by atoms with Crippen molar-refractivity contribution in [1.82, 2.24) is 0 Å². The molecule has 0 saturated heterocycles. The van der Waals surface area contributed by atoms with Crippen LogP contribution >= 0.6 is 23.8 Å². The fourth-order valence-electron chi connectivity index (χ4n) is 0.281. The maximum Gasteiger partial charge on any atom is 0.176 e. The zero-order valence-electron chi connectivity index (χ0n) is 4.96. The third-order valence-electron chi connectivity index (χ3n) is 0.517. The molecule has 0 amide bonds. The average molecular weight is 154 g/mol. The van der Waals surface area contributed by atoms with Gasteiger partial charge in [-0.3, -0.25) is 4.18 Å². The lowest BCUT2D eigenvalue weighted by Crippen LogP contribution is -2.09. The Morgan fingerprint density at radius 3 is 2.62 bits per heavy atom. The number of thioether (sulfide) groups is 1. The Balaban J connectivity index is 2.92. The van der Waals surface area contributed by atoms with Crippen LogP contribution in [0.15, 0.2) is 0 Å². The summed E-state index contributed by atoms with van der Waals surface area (Å²) in [5.74, 6) is 0.640. The molecule has 0 radical (unpaired) electrons. The van der Waals surface area contributed by atoms with Gasteiger partial charge in [0.2, 0.25) is 0 Å². The van der Waals surface area contributed by atoms with E-state index in [-0.39, 0.29) is 0 Å². The lowest BCUT2D eigenvalue weighted by atomic mass is 10.8. The predicted molar refractivity (Wildman–Crippen MR) is 39.0 cm³/mol. The van der Waals surface area contributed by atoms with Crippen molar-refractivity contribution in [2.45, 2.75) is 6.29 Å². The standard InChI is InChI=1S/C4H10O2S2/c1-7-3-4(5)6-8-2/h4-5H,3H2,1-2H3. The van der Waals surface area contributed by atoms with Gasteiger partial charge in [-0.15, -0.1) is 0 Å². The van der Waals surface area contributed by atoms with E-state index in [0.29, 0.717) is 5.75 Å². The molecule has 0 rings (SSSR count). The van der Waals surface area contributed by atoms with E-state index in [4.69, 9.17) is 9.29 Å². The molecule has 0 aliphatic heterocycles. The van der Waals surface area contributed by atoms with E-state index < -0.39 is 6.29 Å². The monoisotopic (exact) mass is 154 g/mol. The first kappa shape index (κ1) is 8.62. The fraction of sp³-hybridized carbons (Fsp3) is 1.00. The minimum atomic E-state index is -0.611. The zero-order chi connectivity index (χ0) is 6.41. The summed E-state index contributed by atoms with van der Waals surface area (Å²) in [4.78, 5) is 0. The molecular weight excluding hydrogens is 144 g/mol. The van der Waals surface area contributed by atoms with E-state index in [9.17, 15) is 0 Å². The maximum atomic E-state index is 8.79. The topological polar surface area (TPSA) is 29.5 Å². The highest BCUT2D eigenvalue weighted by atomic mass is 32.2. The van der Waals surface area contributed by atoms with Crippen LogP contribution in [-0.2, 0) is 4.18 Å². The van der Waals surface area contributed by atoms with Crippen LogP contribution in [0.1, 0.15) is 0 Å². The van der Waals surface area contributed by atoms with Gasteiger partial charge in [-0.05, 0) is 18.3 Å². The molecule has 4 heteroatoms. The highest BCUT2D eigenvalue weighted by molar-refractivity contribution is 7.98. The Kier molecular flexibility index (Phi) is 6.20. The van der Waals surface area contributed by atoms with Crippen LogP contribution in [-0.4, -0.2) is 29.7 Å². The van der Waals surface area contributed by atoms with Crippen molar-refractivity contribution < 1.29 is 9.29 Å². The first-order valence-corrected chi connectivity index (χ1v) is 4.72. The van der Waals surface area contributed by atoms with Crippen molar-refractivity contribution in [3.8, 4) is 0 Å². The van der Waals surface area contributed by atoms with Gasteiger partial charge in [0.05, 0.1) is 0 Å². The number of aliphatic hydroxyl groups excluding tert-OH is 1. The van der Waals surface area contributed by atoms with Crippen LogP contribution in [0.4, 0.5) is 0 Å². The lowest BCUT2D eigenvalue weighted by Gasteiger charge is -2.04. The van der Waals surface area contributed by atoms with Crippen molar-refractivity contribution in [2.24, 2.45) is 0 Å². The van der Waals surface area contributed by atoms with E-state index in [2.05, 4.69) is 0 Å². The van der Waals surface area contributed by atoms with Gasteiger partial charge in [0.15, 0.2) is 6.29 Å². The number of hydrogen-bond donors (Lipinski definition) is 1. The summed E-state index contributed by atoms with van der Waals surface area (Å²) >= 11 is 2.75. The molecule has 50 valence electrons. The summed E-state index contributed by atoms with van der Waals surface area (Å²) in [5, 5.41) is 8.79. The van der Waals surface area contributed by atoms with Crippen LogP contribution in [0.3, 0.4) is 0 Å². The summed E-state index contributed by atoms with van der Waals surface area (Å²) in [6, 6.07) is 0. The predicted octanol–water partition coefficient (Wildman–Crippen LogP) is 0.962. The Hall–Kier alpha value is 0.620. The summed E-state index contributed by atoms with van der Waals surface area (Å²) in [6.07, 6.45) is 3.09. The quantitative estimate of drug-likeness (QED) is 0.482. The highest BCUT2D eigenvalue weighted by Crippen LogP contribution is 2.04. The Morgan fingerprint density at radius 2 is 2.25 bits per heavy atom. The Labute approximate surface area is 58.2 Å². The van der Waals surface area contributed by atoms with Crippen LogP contribution in [0, 0.1) is 0 Å². The summed E-state index contributed by atoms with van der Waals surface area (Å²) in [7, 11) is 0. The molecule has 1 unspecified atom stereocenters.